The maximum Gasteiger partial charge on any atom is 0.300 e. The third-order valence-corrected chi connectivity index (χ3v) is 1.88. The number of aliphatic carboxylic acids is 2. The number of hydrogen-bond acceptors (Lipinski definition) is 4. The quantitative estimate of drug-likeness (QED) is 0.551. The van der Waals surface area contributed by atoms with Crippen LogP contribution in [0.1, 0.15) is 13.8 Å². The Bertz CT molecular complexity index is 571. The van der Waals surface area contributed by atoms with Gasteiger partial charge in [-0.2, -0.15) is 0 Å². The van der Waals surface area contributed by atoms with Crippen LogP contribution in [0.2, 0.25) is 0 Å². The minimum absolute atomic E-state index is 0.0481. The lowest BCUT2D eigenvalue weighted by Gasteiger charge is -2.01. The number of rotatable bonds is 0. The maximum atomic E-state index is 9.41. The van der Waals surface area contributed by atoms with E-state index in [2.05, 4.69) is 0 Å². The predicted octanol–water partition coefficient (Wildman–Crippen LogP) is 2.43. The highest BCUT2D eigenvalue weighted by Gasteiger charge is 2.02. The first-order valence-electron chi connectivity index (χ1n) is 5.54. The van der Waals surface area contributed by atoms with Crippen LogP contribution in [0, 0.1) is 0 Å². The van der Waals surface area contributed by atoms with Crippen LogP contribution < -0.4 is 0 Å². The van der Waals surface area contributed by atoms with E-state index < -0.39 is 11.9 Å². The average molecular weight is 280 g/mol. The van der Waals surface area contributed by atoms with Gasteiger partial charge in [-0.15, -0.1) is 0 Å². The highest BCUT2D eigenvalue weighted by molar-refractivity contribution is 5.90. The van der Waals surface area contributed by atoms with Crippen LogP contribution in [0.25, 0.3) is 10.8 Å². The summed E-state index contributed by atoms with van der Waals surface area (Å²) in [6.45, 7) is 2.17. The molecule has 4 N–H and O–H groups in total. The normalized spacial score (nSPS) is 8.70. The van der Waals surface area contributed by atoms with Gasteiger partial charge in [-0.25, -0.2) is 0 Å². The summed E-state index contributed by atoms with van der Waals surface area (Å²) in [4.78, 5) is 18.0. The fraction of sp³-hybridized carbons (Fsp3) is 0.143. The van der Waals surface area contributed by atoms with Crippen molar-refractivity contribution in [3.63, 3.8) is 0 Å². The van der Waals surface area contributed by atoms with Crippen molar-refractivity contribution in [2.75, 3.05) is 0 Å². The van der Waals surface area contributed by atoms with E-state index in [0.29, 0.717) is 5.39 Å². The Morgan fingerprint density at radius 1 is 0.850 bits per heavy atom. The monoisotopic (exact) mass is 280 g/mol. The molecular formula is C14H16O6. The number of phenolic OH excluding ortho intramolecular Hbond substituents is 2. The second-order valence-corrected chi connectivity index (χ2v) is 3.69. The average Bonchev–Trinajstić information content (AvgIpc) is 2.33. The molecule has 0 aliphatic rings. The van der Waals surface area contributed by atoms with Crippen molar-refractivity contribution in [1.29, 1.82) is 0 Å². The molecule has 108 valence electrons. The minimum Gasteiger partial charge on any atom is -0.504 e. The van der Waals surface area contributed by atoms with Gasteiger partial charge in [-0.3, -0.25) is 9.59 Å². The molecule has 0 saturated carbocycles. The van der Waals surface area contributed by atoms with E-state index in [1.54, 1.807) is 12.1 Å². The molecule has 0 bridgehead atoms. The minimum atomic E-state index is -0.833. The van der Waals surface area contributed by atoms with Crippen LogP contribution in [0.15, 0.2) is 36.4 Å². The van der Waals surface area contributed by atoms with E-state index in [-0.39, 0.29) is 11.5 Å². The predicted molar refractivity (Wildman–Crippen MR) is 73.9 cm³/mol. The molecule has 0 radical (unpaired) electrons. The lowest BCUT2D eigenvalue weighted by Crippen LogP contribution is -1.78. The Labute approximate surface area is 115 Å². The molecule has 0 saturated heterocycles. The lowest BCUT2D eigenvalue weighted by atomic mass is 10.1. The third kappa shape index (κ3) is 6.85. The standard InChI is InChI=1S/C10H8O2.2C2H4O2/c11-9-6-5-7-3-1-2-4-8(7)10(9)12;2*1-2(3)4/h1-6,11-12H;2*1H3,(H,3,4). The number of carboxylic acid groups (broad SMARTS) is 2. The van der Waals surface area contributed by atoms with Gasteiger partial charge in [0.1, 0.15) is 0 Å². The molecule has 0 aromatic heterocycles. The van der Waals surface area contributed by atoms with Gasteiger partial charge in [-0.1, -0.05) is 30.3 Å². The van der Waals surface area contributed by atoms with Gasteiger partial charge in [0, 0.05) is 19.2 Å². The van der Waals surface area contributed by atoms with E-state index in [1.165, 1.54) is 6.07 Å². The van der Waals surface area contributed by atoms with Crippen molar-refractivity contribution in [2.24, 2.45) is 0 Å². The topological polar surface area (TPSA) is 115 Å². The summed E-state index contributed by atoms with van der Waals surface area (Å²) in [7, 11) is 0. The number of benzene rings is 2. The molecule has 0 spiro atoms. The second-order valence-electron chi connectivity index (χ2n) is 3.69. The van der Waals surface area contributed by atoms with Crippen LogP contribution in [0.5, 0.6) is 11.5 Å². The summed E-state index contributed by atoms with van der Waals surface area (Å²) in [5.41, 5.74) is 0. The maximum absolute atomic E-state index is 9.41. The number of phenols is 2. The second kappa shape index (κ2) is 8.36. The van der Waals surface area contributed by atoms with Crippen LogP contribution in [0.3, 0.4) is 0 Å². The highest BCUT2D eigenvalue weighted by Crippen LogP contribution is 2.32. The van der Waals surface area contributed by atoms with Crippen LogP contribution >= 0.6 is 0 Å². The van der Waals surface area contributed by atoms with Crippen molar-refractivity contribution in [1.82, 2.24) is 0 Å². The van der Waals surface area contributed by atoms with Gasteiger partial charge in [-0.05, 0) is 11.5 Å². The Kier molecular flexibility index (Phi) is 7.21. The number of carboxylic acids is 2. The molecule has 0 aliphatic carbocycles. The summed E-state index contributed by atoms with van der Waals surface area (Å²) in [5.74, 6) is -1.79. The van der Waals surface area contributed by atoms with Gasteiger partial charge in [0.15, 0.2) is 11.5 Å². The van der Waals surface area contributed by atoms with Crippen molar-refractivity contribution in [3.8, 4) is 11.5 Å². The molecule has 2 rings (SSSR count). The van der Waals surface area contributed by atoms with E-state index in [4.69, 9.17) is 24.9 Å². The van der Waals surface area contributed by atoms with Gasteiger partial charge in [0.25, 0.3) is 11.9 Å². The molecule has 0 unspecified atom stereocenters. The van der Waals surface area contributed by atoms with Gasteiger partial charge in [0.2, 0.25) is 0 Å². The Hall–Kier alpha value is -2.76. The van der Waals surface area contributed by atoms with Crippen molar-refractivity contribution in [3.05, 3.63) is 36.4 Å². The molecule has 0 atom stereocenters. The van der Waals surface area contributed by atoms with E-state index in [1.807, 2.05) is 18.2 Å². The molecule has 0 fully saturated rings. The number of aromatic hydroxyl groups is 2. The van der Waals surface area contributed by atoms with Crippen LogP contribution in [-0.2, 0) is 9.59 Å². The fourth-order valence-corrected chi connectivity index (χ4v) is 1.24. The molecule has 2 aromatic rings. The summed E-state index contributed by atoms with van der Waals surface area (Å²) >= 11 is 0. The SMILES string of the molecule is CC(=O)O.CC(=O)O.Oc1ccc2ccccc2c1O. The van der Waals surface area contributed by atoms with Crippen LogP contribution in [-0.4, -0.2) is 32.4 Å². The summed E-state index contributed by atoms with van der Waals surface area (Å²) in [6.07, 6.45) is 0. The Morgan fingerprint density at radius 3 is 1.80 bits per heavy atom. The zero-order chi connectivity index (χ0) is 15.7. The van der Waals surface area contributed by atoms with E-state index in [0.717, 1.165) is 19.2 Å². The number of carbonyl (C=O) groups is 2. The molecule has 0 amide bonds. The number of fused-ring (bicyclic) bond motifs is 1. The molecule has 20 heavy (non-hydrogen) atoms. The highest BCUT2D eigenvalue weighted by atomic mass is 16.4. The molecule has 0 aliphatic heterocycles. The zero-order valence-electron chi connectivity index (χ0n) is 11.1. The third-order valence-electron chi connectivity index (χ3n) is 1.88. The van der Waals surface area contributed by atoms with E-state index in [9.17, 15) is 5.11 Å². The molecule has 6 nitrogen and oxygen atoms in total. The van der Waals surface area contributed by atoms with Gasteiger partial charge >= 0.3 is 0 Å². The first-order chi connectivity index (χ1) is 9.25. The zero-order valence-corrected chi connectivity index (χ0v) is 11.1. The smallest absolute Gasteiger partial charge is 0.300 e. The fourth-order valence-electron chi connectivity index (χ4n) is 1.24. The van der Waals surface area contributed by atoms with Crippen molar-refractivity contribution >= 4 is 22.7 Å². The Balaban J connectivity index is 0.000000380. The molecular weight excluding hydrogens is 264 g/mol. The van der Waals surface area contributed by atoms with Crippen molar-refractivity contribution < 1.29 is 30.0 Å². The van der Waals surface area contributed by atoms with Gasteiger partial charge in [0.05, 0.1) is 0 Å². The summed E-state index contributed by atoms with van der Waals surface area (Å²) in [6, 6.07) is 10.6. The summed E-state index contributed by atoms with van der Waals surface area (Å²) < 4.78 is 0. The van der Waals surface area contributed by atoms with Crippen LogP contribution in [0.4, 0.5) is 0 Å². The summed E-state index contributed by atoms with van der Waals surface area (Å²) in [5, 5.41) is 35.0. The lowest BCUT2D eigenvalue weighted by molar-refractivity contribution is -0.135. The molecule has 2 aromatic carbocycles. The molecule has 6 heteroatoms. The number of hydrogen-bond donors (Lipinski definition) is 4. The van der Waals surface area contributed by atoms with Crippen molar-refractivity contribution in [2.45, 2.75) is 13.8 Å². The Morgan fingerprint density at radius 2 is 1.30 bits per heavy atom. The largest absolute Gasteiger partial charge is 0.504 e. The first-order valence-corrected chi connectivity index (χ1v) is 5.54. The van der Waals surface area contributed by atoms with Gasteiger partial charge < -0.3 is 20.4 Å². The van der Waals surface area contributed by atoms with E-state index >= 15 is 0 Å². The molecule has 0 heterocycles. The first kappa shape index (κ1) is 17.2.